The molecule has 6 heteroatoms. The third-order valence-electron chi connectivity index (χ3n) is 7.11. The standard InChI is InChI=1S/C30H36N4O2/c1-6-18(2)28-20(4)14-23(22-10-11-27(32-16-22)26-9-7-8-12-31-26)15-24(28)29(35)33-17-25-19(3)13-21(5)34-30(25)36/h6,10-11,13-16,26,31H,7-9,12,17H2,1-5H3,(H,33,35)(H,34,36)/b18-6-. The van der Waals surface area contributed by atoms with Crippen LogP contribution in [-0.4, -0.2) is 22.4 Å². The Kier molecular flexibility index (Phi) is 7.85. The normalized spacial score (nSPS) is 16.1. The number of H-pyrrole nitrogens is 1. The molecule has 3 aromatic rings. The van der Waals surface area contributed by atoms with Crippen LogP contribution in [0.2, 0.25) is 0 Å². The Labute approximate surface area is 213 Å². The lowest BCUT2D eigenvalue weighted by Gasteiger charge is -2.23. The molecule has 0 saturated carbocycles. The van der Waals surface area contributed by atoms with Crippen molar-refractivity contribution in [3.8, 4) is 11.1 Å². The number of nitrogens with zero attached hydrogens (tertiary/aromatic N) is 1. The summed E-state index contributed by atoms with van der Waals surface area (Å²) in [5.41, 5.74) is 8.64. The predicted molar refractivity (Wildman–Crippen MR) is 146 cm³/mol. The van der Waals surface area contributed by atoms with Gasteiger partial charge in [-0.05, 0) is 100 Å². The van der Waals surface area contributed by atoms with Crippen LogP contribution >= 0.6 is 0 Å². The summed E-state index contributed by atoms with van der Waals surface area (Å²) in [6.07, 6.45) is 7.46. The van der Waals surface area contributed by atoms with Gasteiger partial charge in [-0.15, -0.1) is 0 Å². The number of aromatic amines is 1. The molecule has 0 bridgehead atoms. The maximum atomic E-state index is 13.5. The number of amides is 1. The van der Waals surface area contributed by atoms with E-state index in [1.165, 1.54) is 12.8 Å². The Morgan fingerprint density at radius 2 is 1.92 bits per heavy atom. The first-order valence-corrected chi connectivity index (χ1v) is 12.7. The highest BCUT2D eigenvalue weighted by Crippen LogP contribution is 2.31. The number of allylic oxidation sites excluding steroid dienone is 2. The zero-order chi connectivity index (χ0) is 25.8. The van der Waals surface area contributed by atoms with E-state index >= 15 is 0 Å². The number of pyridine rings is 2. The molecule has 2 aromatic heterocycles. The third-order valence-corrected chi connectivity index (χ3v) is 7.11. The smallest absolute Gasteiger partial charge is 0.253 e. The Balaban J connectivity index is 1.65. The molecule has 1 aliphatic rings. The molecule has 1 unspecified atom stereocenters. The van der Waals surface area contributed by atoms with E-state index in [-0.39, 0.29) is 18.0 Å². The van der Waals surface area contributed by atoms with Crippen LogP contribution in [-0.2, 0) is 6.54 Å². The minimum absolute atomic E-state index is 0.166. The van der Waals surface area contributed by atoms with E-state index in [1.54, 1.807) is 0 Å². The largest absolute Gasteiger partial charge is 0.348 e. The topological polar surface area (TPSA) is 86.9 Å². The first-order chi connectivity index (χ1) is 17.3. The highest BCUT2D eigenvalue weighted by atomic mass is 16.1. The molecule has 188 valence electrons. The minimum Gasteiger partial charge on any atom is -0.348 e. The number of carbonyl (C=O) groups excluding carboxylic acids is 1. The number of hydrogen-bond donors (Lipinski definition) is 3. The van der Waals surface area contributed by atoms with Crippen molar-refractivity contribution in [3.05, 3.63) is 92.2 Å². The van der Waals surface area contributed by atoms with E-state index in [9.17, 15) is 9.59 Å². The van der Waals surface area contributed by atoms with Gasteiger partial charge in [0.2, 0.25) is 0 Å². The molecule has 1 aromatic carbocycles. The predicted octanol–water partition coefficient (Wildman–Crippen LogP) is 5.53. The molecule has 1 saturated heterocycles. The molecule has 6 nitrogen and oxygen atoms in total. The summed E-state index contributed by atoms with van der Waals surface area (Å²) in [5.74, 6) is -0.202. The monoisotopic (exact) mass is 484 g/mol. The second kappa shape index (κ2) is 11.0. The highest BCUT2D eigenvalue weighted by molar-refractivity contribution is 6.01. The first kappa shape index (κ1) is 25.6. The van der Waals surface area contributed by atoms with Gasteiger partial charge in [-0.3, -0.25) is 14.6 Å². The van der Waals surface area contributed by atoms with E-state index in [0.29, 0.717) is 17.2 Å². The summed E-state index contributed by atoms with van der Waals surface area (Å²) in [7, 11) is 0. The number of nitrogens with one attached hydrogen (secondary N) is 3. The third kappa shape index (κ3) is 5.49. The molecule has 1 amide bonds. The van der Waals surface area contributed by atoms with Crippen LogP contribution in [0.1, 0.15) is 83.2 Å². The molecule has 3 heterocycles. The molecule has 1 fully saturated rings. The molecule has 4 rings (SSSR count). The number of carbonyl (C=O) groups is 1. The molecule has 36 heavy (non-hydrogen) atoms. The number of aryl methyl sites for hydroxylation is 3. The van der Waals surface area contributed by atoms with Crippen LogP contribution in [0.25, 0.3) is 16.7 Å². The molecule has 0 spiro atoms. The van der Waals surface area contributed by atoms with Crippen molar-refractivity contribution in [2.24, 2.45) is 0 Å². The second-order valence-corrected chi connectivity index (χ2v) is 9.79. The lowest BCUT2D eigenvalue weighted by molar-refractivity contribution is 0.0950. The van der Waals surface area contributed by atoms with Gasteiger partial charge in [0, 0.05) is 41.2 Å². The van der Waals surface area contributed by atoms with Gasteiger partial charge in [0.1, 0.15) is 0 Å². The average molecular weight is 485 g/mol. The fourth-order valence-corrected chi connectivity index (χ4v) is 5.05. The molecule has 1 atom stereocenters. The van der Waals surface area contributed by atoms with E-state index in [1.807, 2.05) is 59.0 Å². The van der Waals surface area contributed by atoms with E-state index in [0.717, 1.165) is 57.7 Å². The van der Waals surface area contributed by atoms with Crippen LogP contribution in [0.15, 0.2) is 47.4 Å². The fraction of sp³-hybridized carbons (Fsp3) is 0.367. The van der Waals surface area contributed by atoms with Crippen molar-refractivity contribution in [2.75, 3.05) is 6.54 Å². The Morgan fingerprint density at radius 1 is 1.11 bits per heavy atom. The zero-order valence-electron chi connectivity index (χ0n) is 21.9. The minimum atomic E-state index is -0.202. The number of piperidine rings is 1. The summed E-state index contributed by atoms with van der Waals surface area (Å²) in [6, 6.07) is 10.5. The molecular weight excluding hydrogens is 448 g/mol. The first-order valence-electron chi connectivity index (χ1n) is 12.7. The fourth-order valence-electron chi connectivity index (χ4n) is 5.05. The molecule has 1 aliphatic heterocycles. The molecule has 0 aliphatic carbocycles. The van der Waals surface area contributed by atoms with Gasteiger partial charge in [0.25, 0.3) is 11.5 Å². The lowest BCUT2D eigenvalue weighted by atomic mass is 9.90. The zero-order valence-corrected chi connectivity index (χ0v) is 21.9. The van der Waals surface area contributed by atoms with Crippen LogP contribution in [0.3, 0.4) is 0 Å². The second-order valence-electron chi connectivity index (χ2n) is 9.79. The van der Waals surface area contributed by atoms with Gasteiger partial charge in [-0.25, -0.2) is 0 Å². The van der Waals surface area contributed by atoms with Crippen molar-refractivity contribution in [2.45, 2.75) is 66.5 Å². The van der Waals surface area contributed by atoms with Crippen LogP contribution in [0, 0.1) is 20.8 Å². The molecule has 3 N–H and O–H groups in total. The van der Waals surface area contributed by atoms with Crippen LogP contribution in [0.4, 0.5) is 0 Å². The van der Waals surface area contributed by atoms with Gasteiger partial charge in [-0.1, -0.05) is 24.6 Å². The van der Waals surface area contributed by atoms with Gasteiger partial charge in [-0.2, -0.15) is 0 Å². The number of aromatic nitrogens is 2. The van der Waals surface area contributed by atoms with Gasteiger partial charge in [0.15, 0.2) is 0 Å². The van der Waals surface area contributed by atoms with Crippen molar-refractivity contribution in [1.29, 1.82) is 0 Å². The van der Waals surface area contributed by atoms with Crippen LogP contribution in [0.5, 0.6) is 0 Å². The lowest BCUT2D eigenvalue weighted by Crippen LogP contribution is -2.28. The quantitative estimate of drug-likeness (QED) is 0.429. The van der Waals surface area contributed by atoms with Gasteiger partial charge < -0.3 is 15.6 Å². The van der Waals surface area contributed by atoms with Crippen LogP contribution < -0.4 is 16.2 Å². The van der Waals surface area contributed by atoms with E-state index in [4.69, 9.17) is 4.98 Å². The summed E-state index contributed by atoms with van der Waals surface area (Å²) >= 11 is 0. The Morgan fingerprint density at radius 3 is 2.56 bits per heavy atom. The van der Waals surface area contributed by atoms with E-state index < -0.39 is 0 Å². The number of benzene rings is 1. The molecular formula is C30H36N4O2. The average Bonchev–Trinajstić information content (AvgIpc) is 2.87. The van der Waals surface area contributed by atoms with Gasteiger partial charge in [0.05, 0.1) is 5.69 Å². The van der Waals surface area contributed by atoms with Crippen molar-refractivity contribution in [3.63, 3.8) is 0 Å². The van der Waals surface area contributed by atoms with Crippen molar-refractivity contribution < 1.29 is 4.79 Å². The van der Waals surface area contributed by atoms with Gasteiger partial charge >= 0.3 is 0 Å². The maximum Gasteiger partial charge on any atom is 0.253 e. The Bertz CT molecular complexity index is 1350. The molecule has 0 radical (unpaired) electrons. The number of hydrogen-bond acceptors (Lipinski definition) is 4. The highest BCUT2D eigenvalue weighted by Gasteiger charge is 2.19. The van der Waals surface area contributed by atoms with Crippen molar-refractivity contribution >= 4 is 11.5 Å². The summed E-state index contributed by atoms with van der Waals surface area (Å²) in [4.78, 5) is 33.5. The summed E-state index contributed by atoms with van der Waals surface area (Å²) in [6.45, 7) is 11.0. The summed E-state index contributed by atoms with van der Waals surface area (Å²) < 4.78 is 0. The SMILES string of the molecule is C/C=C(/C)c1c(C)cc(-c2ccc(C3CCCCN3)nc2)cc1C(=O)NCc1c(C)cc(C)[nH]c1=O. The number of rotatable bonds is 6. The van der Waals surface area contributed by atoms with E-state index in [2.05, 4.69) is 33.8 Å². The summed E-state index contributed by atoms with van der Waals surface area (Å²) in [5, 5.41) is 6.53. The maximum absolute atomic E-state index is 13.5. The Hall–Kier alpha value is -3.51. The van der Waals surface area contributed by atoms with Crippen molar-refractivity contribution in [1.82, 2.24) is 20.6 Å².